The van der Waals surface area contributed by atoms with Gasteiger partial charge in [0.1, 0.15) is 6.04 Å². The Kier molecular flexibility index (Phi) is 12.2. The Morgan fingerprint density at radius 2 is 1.55 bits per heavy atom. The van der Waals surface area contributed by atoms with E-state index in [2.05, 4.69) is 12.2 Å². The smallest absolute Gasteiger partial charge is 0.243 e. The molecule has 7 nitrogen and oxygen atoms in total. The molecule has 0 saturated carbocycles. The second-order valence-corrected chi connectivity index (χ2v) is 12.9. The molecule has 0 aromatic heterocycles. The lowest BCUT2D eigenvalue weighted by Crippen LogP contribution is -2.50. The molecule has 0 spiro atoms. The number of aryl methyl sites for hydroxylation is 3. The first-order chi connectivity index (χ1) is 20.0. The van der Waals surface area contributed by atoms with Gasteiger partial charge < -0.3 is 10.2 Å². The van der Waals surface area contributed by atoms with Crippen molar-refractivity contribution in [2.45, 2.75) is 72.4 Å². The summed E-state index contributed by atoms with van der Waals surface area (Å²) in [6.45, 7) is 9.00. The van der Waals surface area contributed by atoms with Gasteiger partial charge in [-0.15, -0.1) is 0 Å². The molecule has 0 aliphatic carbocycles. The highest BCUT2D eigenvalue weighted by molar-refractivity contribution is 7.92. The minimum atomic E-state index is -3.56. The van der Waals surface area contributed by atoms with Crippen LogP contribution >= 0.6 is 0 Å². The van der Waals surface area contributed by atoms with Crippen LogP contribution in [0.5, 0.6) is 0 Å². The fourth-order valence-electron chi connectivity index (χ4n) is 4.92. The molecule has 0 aliphatic rings. The van der Waals surface area contributed by atoms with Crippen LogP contribution in [0.2, 0.25) is 0 Å². The number of nitrogens with zero attached hydrogens (tertiary/aromatic N) is 2. The fraction of sp³-hybridized carbons (Fsp3) is 0.412. The van der Waals surface area contributed by atoms with Crippen molar-refractivity contribution in [2.75, 3.05) is 23.7 Å². The molecule has 0 unspecified atom stereocenters. The van der Waals surface area contributed by atoms with Crippen LogP contribution in [-0.2, 0) is 32.6 Å². The minimum absolute atomic E-state index is 0.107. The topological polar surface area (TPSA) is 86.8 Å². The zero-order valence-corrected chi connectivity index (χ0v) is 26.4. The van der Waals surface area contributed by atoms with Gasteiger partial charge in [0.05, 0.1) is 11.9 Å². The molecule has 0 saturated heterocycles. The van der Waals surface area contributed by atoms with Crippen molar-refractivity contribution < 1.29 is 18.0 Å². The van der Waals surface area contributed by atoms with Crippen molar-refractivity contribution in [3.05, 3.63) is 101 Å². The number of rotatable bonds is 15. The maximum Gasteiger partial charge on any atom is 0.243 e. The molecular weight excluding hydrogens is 546 g/mol. The van der Waals surface area contributed by atoms with E-state index in [1.54, 1.807) is 11.0 Å². The molecule has 1 atom stereocenters. The molecule has 3 aromatic carbocycles. The SMILES string of the molecule is CCCCNC(=O)[C@@H](Cc1ccccc1)N(Cc1ccccc1C)C(=O)CCCN(c1ccc(C)c(C)c1)S(C)(=O)=O. The van der Waals surface area contributed by atoms with E-state index >= 15 is 0 Å². The second-order valence-electron chi connectivity index (χ2n) is 11.0. The molecule has 0 fully saturated rings. The average Bonchev–Trinajstić information content (AvgIpc) is 2.95. The summed E-state index contributed by atoms with van der Waals surface area (Å²) in [5, 5.41) is 3.04. The molecule has 42 heavy (non-hydrogen) atoms. The summed E-state index contributed by atoms with van der Waals surface area (Å²) in [5.74, 6) is -0.361. The molecule has 0 bridgehead atoms. The third kappa shape index (κ3) is 9.44. The van der Waals surface area contributed by atoms with Gasteiger partial charge in [-0.3, -0.25) is 13.9 Å². The quantitative estimate of drug-likeness (QED) is 0.229. The number of benzene rings is 3. The van der Waals surface area contributed by atoms with E-state index in [4.69, 9.17) is 0 Å². The normalized spacial score (nSPS) is 12.0. The molecule has 8 heteroatoms. The van der Waals surface area contributed by atoms with Crippen molar-refractivity contribution in [3.8, 4) is 0 Å². The summed E-state index contributed by atoms with van der Waals surface area (Å²) in [4.78, 5) is 29.3. The summed E-state index contributed by atoms with van der Waals surface area (Å²) in [6.07, 6.45) is 3.80. The molecule has 2 amide bonds. The van der Waals surface area contributed by atoms with Crippen LogP contribution in [0.25, 0.3) is 0 Å². The van der Waals surface area contributed by atoms with Gasteiger partial charge in [-0.05, 0) is 73.6 Å². The molecule has 226 valence electrons. The van der Waals surface area contributed by atoms with Crippen molar-refractivity contribution in [2.24, 2.45) is 0 Å². The molecule has 0 heterocycles. The molecule has 3 aromatic rings. The van der Waals surface area contributed by atoms with Crippen molar-refractivity contribution in [1.82, 2.24) is 10.2 Å². The summed E-state index contributed by atoms with van der Waals surface area (Å²) in [7, 11) is -3.56. The average molecular weight is 592 g/mol. The van der Waals surface area contributed by atoms with Crippen LogP contribution in [0.15, 0.2) is 72.8 Å². The van der Waals surface area contributed by atoms with Crippen LogP contribution < -0.4 is 9.62 Å². The van der Waals surface area contributed by atoms with E-state index in [0.29, 0.717) is 25.1 Å². The van der Waals surface area contributed by atoms with E-state index in [0.717, 1.165) is 40.7 Å². The third-order valence-electron chi connectivity index (χ3n) is 7.63. The van der Waals surface area contributed by atoms with Gasteiger partial charge >= 0.3 is 0 Å². The number of anilines is 1. The summed E-state index contributed by atoms with van der Waals surface area (Å²) in [6, 6.07) is 22.5. The number of carbonyl (C=O) groups is 2. The predicted octanol–water partition coefficient (Wildman–Crippen LogP) is 5.71. The van der Waals surface area contributed by atoms with E-state index in [-0.39, 0.29) is 31.3 Å². The predicted molar refractivity (Wildman–Crippen MR) is 171 cm³/mol. The van der Waals surface area contributed by atoms with Gasteiger partial charge in [0.25, 0.3) is 0 Å². The first-order valence-corrected chi connectivity index (χ1v) is 16.6. The molecule has 1 N–H and O–H groups in total. The Bertz CT molecular complexity index is 1440. The summed E-state index contributed by atoms with van der Waals surface area (Å²) in [5.41, 5.74) is 5.64. The first-order valence-electron chi connectivity index (χ1n) is 14.7. The lowest BCUT2D eigenvalue weighted by Gasteiger charge is -2.32. The zero-order chi connectivity index (χ0) is 30.7. The Morgan fingerprint density at radius 1 is 0.857 bits per heavy atom. The van der Waals surface area contributed by atoms with Crippen molar-refractivity contribution >= 4 is 27.5 Å². The summed E-state index contributed by atoms with van der Waals surface area (Å²) < 4.78 is 26.8. The van der Waals surface area contributed by atoms with Gasteiger partial charge in [0.2, 0.25) is 21.8 Å². The first kappa shape index (κ1) is 32.9. The van der Waals surface area contributed by atoms with Crippen molar-refractivity contribution in [1.29, 1.82) is 0 Å². The maximum absolute atomic E-state index is 14.0. The maximum atomic E-state index is 14.0. The number of carbonyl (C=O) groups excluding carboxylic acids is 2. The standard InChI is InChI=1S/C34H45N3O4S/c1-6-7-21-35-34(39)32(24-29-15-9-8-10-16-29)36(25-30-17-12-11-14-27(30)3)33(38)18-13-22-37(42(5,40)41)31-20-19-26(2)28(4)23-31/h8-12,14-17,19-20,23,32H,6-7,13,18,21-22,24-25H2,1-5H3,(H,35,39)/t32-/m1/s1. The number of unbranched alkanes of at least 4 members (excludes halogenated alkanes) is 1. The third-order valence-corrected chi connectivity index (χ3v) is 8.83. The largest absolute Gasteiger partial charge is 0.354 e. The minimum Gasteiger partial charge on any atom is -0.354 e. The molecule has 0 aliphatic heterocycles. The Labute approximate surface area is 252 Å². The fourth-order valence-corrected chi connectivity index (χ4v) is 5.87. The van der Waals surface area contributed by atoms with Gasteiger partial charge in [-0.2, -0.15) is 0 Å². The Hall–Kier alpha value is -3.65. The number of nitrogens with one attached hydrogen (secondary N) is 1. The number of hydrogen-bond acceptors (Lipinski definition) is 4. The monoisotopic (exact) mass is 591 g/mol. The van der Waals surface area contributed by atoms with Crippen LogP contribution in [0.1, 0.15) is 60.4 Å². The lowest BCUT2D eigenvalue weighted by molar-refractivity contribution is -0.141. The van der Waals surface area contributed by atoms with Gasteiger partial charge in [0.15, 0.2) is 0 Å². The van der Waals surface area contributed by atoms with Gasteiger partial charge in [0, 0.05) is 32.5 Å². The van der Waals surface area contributed by atoms with Crippen LogP contribution in [0, 0.1) is 20.8 Å². The summed E-state index contributed by atoms with van der Waals surface area (Å²) >= 11 is 0. The van der Waals surface area contributed by atoms with Gasteiger partial charge in [-0.1, -0.05) is 74.0 Å². The van der Waals surface area contributed by atoms with Crippen LogP contribution in [0.3, 0.4) is 0 Å². The van der Waals surface area contributed by atoms with E-state index in [1.165, 1.54) is 10.6 Å². The Balaban J connectivity index is 1.88. The second kappa shape index (κ2) is 15.5. The van der Waals surface area contributed by atoms with E-state index in [9.17, 15) is 18.0 Å². The van der Waals surface area contributed by atoms with Crippen LogP contribution in [-0.4, -0.2) is 50.5 Å². The van der Waals surface area contributed by atoms with E-state index < -0.39 is 16.1 Å². The van der Waals surface area contributed by atoms with E-state index in [1.807, 2.05) is 87.5 Å². The molecule has 3 rings (SSSR count). The number of amides is 2. The highest BCUT2D eigenvalue weighted by Gasteiger charge is 2.30. The van der Waals surface area contributed by atoms with Gasteiger partial charge in [-0.25, -0.2) is 8.42 Å². The zero-order valence-electron chi connectivity index (χ0n) is 25.6. The number of sulfonamides is 1. The van der Waals surface area contributed by atoms with Crippen molar-refractivity contribution in [3.63, 3.8) is 0 Å². The highest BCUT2D eigenvalue weighted by atomic mass is 32.2. The van der Waals surface area contributed by atoms with Crippen LogP contribution in [0.4, 0.5) is 5.69 Å². The Morgan fingerprint density at radius 3 is 2.19 bits per heavy atom. The lowest BCUT2D eigenvalue weighted by atomic mass is 10.0. The molecular formula is C34H45N3O4S. The highest BCUT2D eigenvalue weighted by Crippen LogP contribution is 2.23. The molecule has 0 radical (unpaired) electrons. The number of hydrogen-bond donors (Lipinski definition) is 1.